The molecule has 0 spiro atoms. The van der Waals surface area contributed by atoms with Crippen LogP contribution in [-0.2, 0) is 9.59 Å². The lowest BCUT2D eigenvalue weighted by atomic mass is 10.2. The van der Waals surface area contributed by atoms with Gasteiger partial charge in [-0.05, 0) is 51.8 Å². The first-order valence-electron chi connectivity index (χ1n) is 7.05. The summed E-state index contributed by atoms with van der Waals surface area (Å²) in [4.78, 5) is 23.4. The molecule has 0 atom stereocenters. The van der Waals surface area contributed by atoms with Crippen molar-refractivity contribution < 1.29 is 18.4 Å². The van der Waals surface area contributed by atoms with Gasteiger partial charge in [-0.1, -0.05) is 18.7 Å². The quantitative estimate of drug-likeness (QED) is 0.719. The summed E-state index contributed by atoms with van der Waals surface area (Å²) in [5, 5.41) is 5.05. The highest BCUT2D eigenvalue weighted by molar-refractivity contribution is 9.12. The zero-order chi connectivity index (χ0) is 18.4. The average molecular weight is 407 g/mol. The van der Waals surface area contributed by atoms with Crippen LogP contribution in [0.15, 0.2) is 59.6 Å². The molecular weight excluding hydrogens is 394 g/mol. The molecule has 2 N–H and O–H groups in total. The molecule has 0 aromatic heterocycles. The summed E-state index contributed by atoms with van der Waals surface area (Å²) in [6, 6.07) is 9.87. The molecule has 2 aromatic carbocycles. The van der Waals surface area contributed by atoms with Crippen LogP contribution in [-0.4, -0.2) is 11.8 Å². The molecule has 0 saturated carbocycles. The molecule has 4 nitrogen and oxygen atoms in total. The molecular formula is C18H13BrF2N2O2. The van der Waals surface area contributed by atoms with Gasteiger partial charge >= 0.3 is 0 Å². The first kappa shape index (κ1) is 18.5. The highest BCUT2D eigenvalue weighted by Gasteiger charge is 2.05. The average Bonchev–Trinajstić information content (AvgIpc) is 2.56. The van der Waals surface area contributed by atoms with E-state index in [0.29, 0.717) is 11.3 Å². The highest BCUT2D eigenvalue weighted by Crippen LogP contribution is 2.15. The van der Waals surface area contributed by atoms with E-state index < -0.39 is 17.5 Å². The molecule has 0 aliphatic carbocycles. The molecule has 0 unspecified atom stereocenters. The predicted octanol–water partition coefficient (Wildman–Crippen LogP) is 4.46. The Balaban J connectivity index is 2.03. The molecule has 0 aliphatic rings. The van der Waals surface area contributed by atoms with Gasteiger partial charge in [-0.25, -0.2) is 8.78 Å². The largest absolute Gasteiger partial charge is 0.322 e. The van der Waals surface area contributed by atoms with E-state index >= 15 is 0 Å². The van der Waals surface area contributed by atoms with Crippen LogP contribution in [0.4, 0.5) is 20.2 Å². The van der Waals surface area contributed by atoms with Gasteiger partial charge in [-0.3, -0.25) is 9.59 Å². The Morgan fingerprint density at radius 3 is 2.40 bits per heavy atom. The summed E-state index contributed by atoms with van der Waals surface area (Å²) in [7, 11) is 0. The minimum Gasteiger partial charge on any atom is -0.322 e. The van der Waals surface area contributed by atoms with Crippen molar-refractivity contribution in [1.29, 1.82) is 0 Å². The number of benzene rings is 2. The van der Waals surface area contributed by atoms with Gasteiger partial charge in [0.25, 0.3) is 5.91 Å². The van der Waals surface area contributed by atoms with Crippen molar-refractivity contribution in [3.63, 3.8) is 0 Å². The van der Waals surface area contributed by atoms with Gasteiger partial charge in [0.05, 0.1) is 4.48 Å². The predicted molar refractivity (Wildman–Crippen MR) is 97.2 cm³/mol. The summed E-state index contributed by atoms with van der Waals surface area (Å²) >= 11 is 2.98. The van der Waals surface area contributed by atoms with E-state index in [1.807, 2.05) is 0 Å². The summed E-state index contributed by atoms with van der Waals surface area (Å²) < 4.78 is 26.1. The fraction of sp³-hybridized carbons (Fsp3) is 0. The molecule has 0 aliphatic heterocycles. The smallest absolute Gasteiger partial charge is 0.262 e. The number of hydrogen-bond acceptors (Lipinski definition) is 2. The minimum atomic E-state index is -1.04. The van der Waals surface area contributed by atoms with Crippen molar-refractivity contribution in [2.45, 2.75) is 0 Å². The number of rotatable bonds is 5. The molecule has 2 amide bonds. The Morgan fingerprint density at radius 2 is 1.72 bits per heavy atom. The molecule has 25 heavy (non-hydrogen) atoms. The zero-order valence-electron chi connectivity index (χ0n) is 12.9. The Hall–Kier alpha value is -2.80. The molecule has 0 heterocycles. The minimum absolute atomic E-state index is 0.144. The van der Waals surface area contributed by atoms with Gasteiger partial charge in [-0.15, -0.1) is 0 Å². The van der Waals surface area contributed by atoms with Crippen LogP contribution in [0.5, 0.6) is 0 Å². The Bertz CT molecular complexity index is 866. The van der Waals surface area contributed by atoms with Gasteiger partial charge < -0.3 is 10.6 Å². The number of halogens is 3. The van der Waals surface area contributed by atoms with Gasteiger partial charge in [0.15, 0.2) is 11.6 Å². The van der Waals surface area contributed by atoms with E-state index in [9.17, 15) is 18.4 Å². The van der Waals surface area contributed by atoms with Gasteiger partial charge in [-0.2, -0.15) is 0 Å². The van der Waals surface area contributed by atoms with E-state index in [-0.39, 0.29) is 16.1 Å². The maximum Gasteiger partial charge on any atom is 0.262 e. The van der Waals surface area contributed by atoms with Crippen LogP contribution in [0, 0.1) is 11.6 Å². The third-order valence-corrected chi connectivity index (χ3v) is 3.37. The van der Waals surface area contributed by atoms with Gasteiger partial charge in [0.2, 0.25) is 5.91 Å². The number of anilines is 2. The van der Waals surface area contributed by atoms with E-state index in [0.717, 1.165) is 12.1 Å². The monoisotopic (exact) mass is 406 g/mol. The highest BCUT2D eigenvalue weighted by atomic mass is 79.9. The number of nitrogens with one attached hydrogen (secondary N) is 2. The summed E-state index contributed by atoms with van der Waals surface area (Å²) in [5.41, 5.74) is 1.34. The zero-order valence-corrected chi connectivity index (χ0v) is 14.4. The molecule has 0 radical (unpaired) electrons. The summed E-state index contributed by atoms with van der Waals surface area (Å²) in [5.74, 6) is -2.91. The van der Waals surface area contributed by atoms with Crippen molar-refractivity contribution >= 4 is 45.2 Å². The standard InChI is InChI=1S/C18H13BrF2N2O2/c1-11(19)18(25)23-13-4-2-3-12(9-13)5-8-17(24)22-14-6-7-15(20)16(21)10-14/h2-10H,1H2,(H,22,24)(H,23,25)/b8-5+. The maximum atomic E-state index is 13.1. The molecule has 2 aromatic rings. The van der Waals surface area contributed by atoms with Crippen molar-refractivity contribution in [3.8, 4) is 0 Å². The Labute approximate surface area is 151 Å². The normalized spacial score (nSPS) is 10.5. The Morgan fingerprint density at radius 1 is 1.00 bits per heavy atom. The second-order valence-corrected chi connectivity index (χ2v) is 5.89. The van der Waals surface area contributed by atoms with Crippen LogP contribution in [0.2, 0.25) is 0 Å². The fourth-order valence-corrected chi connectivity index (χ4v) is 1.95. The molecule has 0 bridgehead atoms. The lowest BCUT2D eigenvalue weighted by molar-refractivity contribution is -0.112. The SMILES string of the molecule is C=C(Br)C(=O)Nc1cccc(/C=C/C(=O)Nc2ccc(F)c(F)c2)c1. The summed E-state index contributed by atoms with van der Waals surface area (Å²) in [6.07, 6.45) is 2.76. The van der Waals surface area contributed by atoms with Crippen LogP contribution >= 0.6 is 15.9 Å². The van der Waals surface area contributed by atoms with Crippen molar-refractivity contribution in [2.24, 2.45) is 0 Å². The van der Waals surface area contributed by atoms with Crippen LogP contribution in [0.1, 0.15) is 5.56 Å². The first-order chi connectivity index (χ1) is 11.8. The van der Waals surface area contributed by atoms with Crippen LogP contribution in [0.3, 0.4) is 0 Å². The number of carbonyl (C=O) groups is 2. The third-order valence-electron chi connectivity index (χ3n) is 3.01. The van der Waals surface area contributed by atoms with E-state index in [1.165, 1.54) is 18.2 Å². The molecule has 0 fully saturated rings. The Kier molecular flexibility index (Phi) is 6.19. The number of hydrogen-bond donors (Lipinski definition) is 2. The molecule has 7 heteroatoms. The number of carbonyl (C=O) groups excluding carboxylic acids is 2. The van der Waals surface area contributed by atoms with E-state index in [4.69, 9.17) is 0 Å². The van der Waals surface area contributed by atoms with Crippen molar-refractivity contribution in [2.75, 3.05) is 10.6 Å². The lowest BCUT2D eigenvalue weighted by Crippen LogP contribution is -2.10. The molecule has 128 valence electrons. The van der Waals surface area contributed by atoms with Gasteiger partial charge in [0.1, 0.15) is 0 Å². The molecule has 2 rings (SSSR count). The third kappa shape index (κ3) is 5.65. The number of amides is 2. The molecule has 0 saturated heterocycles. The second kappa shape index (κ2) is 8.34. The van der Waals surface area contributed by atoms with Crippen molar-refractivity contribution in [3.05, 3.63) is 76.8 Å². The fourth-order valence-electron chi connectivity index (χ4n) is 1.85. The lowest BCUT2D eigenvalue weighted by Gasteiger charge is -2.05. The van der Waals surface area contributed by atoms with Gasteiger partial charge in [0, 0.05) is 23.5 Å². The summed E-state index contributed by atoms with van der Waals surface area (Å²) in [6.45, 7) is 3.47. The van der Waals surface area contributed by atoms with E-state index in [1.54, 1.807) is 24.3 Å². The maximum absolute atomic E-state index is 13.1. The first-order valence-corrected chi connectivity index (χ1v) is 7.84. The topological polar surface area (TPSA) is 58.2 Å². The van der Waals surface area contributed by atoms with Crippen LogP contribution < -0.4 is 10.6 Å². The van der Waals surface area contributed by atoms with E-state index in [2.05, 4.69) is 33.1 Å². The van der Waals surface area contributed by atoms with Crippen molar-refractivity contribution in [1.82, 2.24) is 0 Å². The second-order valence-electron chi connectivity index (χ2n) is 4.94. The van der Waals surface area contributed by atoms with Crippen LogP contribution in [0.25, 0.3) is 6.08 Å².